The third-order valence-corrected chi connectivity index (χ3v) is 4.53. The molecule has 1 aliphatic heterocycles. The van der Waals surface area contributed by atoms with Gasteiger partial charge in [-0.15, -0.1) is 0 Å². The van der Waals surface area contributed by atoms with Crippen molar-refractivity contribution in [3.8, 4) is 0 Å². The van der Waals surface area contributed by atoms with E-state index in [2.05, 4.69) is 15.3 Å². The van der Waals surface area contributed by atoms with E-state index in [1.54, 1.807) is 0 Å². The minimum Gasteiger partial charge on any atom is -0.392 e. The molecule has 0 aliphatic carbocycles. The van der Waals surface area contributed by atoms with Crippen molar-refractivity contribution in [1.82, 2.24) is 14.8 Å². The van der Waals surface area contributed by atoms with E-state index in [1.165, 1.54) is 0 Å². The largest absolute Gasteiger partial charge is 0.392 e. The number of para-hydroxylation sites is 1. The second-order valence-corrected chi connectivity index (χ2v) is 6.27. The molecule has 2 aromatic heterocycles. The Kier molecular flexibility index (Phi) is 3.82. The van der Waals surface area contributed by atoms with E-state index in [9.17, 15) is 5.11 Å². The monoisotopic (exact) mass is 323 g/mol. The average molecular weight is 323 g/mol. The number of benzene rings is 1. The Labute approximate surface area is 140 Å². The molecule has 6 nitrogen and oxygen atoms in total. The number of anilines is 2. The van der Waals surface area contributed by atoms with Crippen molar-refractivity contribution in [3.63, 3.8) is 0 Å². The van der Waals surface area contributed by atoms with Crippen LogP contribution >= 0.6 is 0 Å². The minimum absolute atomic E-state index is 0.0170. The van der Waals surface area contributed by atoms with Crippen molar-refractivity contribution in [1.29, 1.82) is 0 Å². The van der Waals surface area contributed by atoms with Gasteiger partial charge in [-0.1, -0.05) is 18.2 Å². The number of hydrogen-bond donors (Lipinski definition) is 2. The van der Waals surface area contributed by atoms with E-state index in [0.29, 0.717) is 6.04 Å². The highest BCUT2D eigenvalue weighted by Crippen LogP contribution is 2.24. The van der Waals surface area contributed by atoms with Crippen LogP contribution in [0.5, 0.6) is 0 Å². The number of fused-ring (bicyclic) bond motifs is 1. The maximum Gasteiger partial charge on any atom is 0.150 e. The van der Waals surface area contributed by atoms with Crippen LogP contribution in [0, 0.1) is 0 Å². The predicted octanol–water partition coefficient (Wildman–Crippen LogP) is 2.15. The van der Waals surface area contributed by atoms with Crippen molar-refractivity contribution in [3.05, 3.63) is 48.2 Å². The summed E-state index contributed by atoms with van der Waals surface area (Å²) in [6.45, 7) is 1.84. The molecule has 6 heteroatoms. The van der Waals surface area contributed by atoms with Crippen molar-refractivity contribution in [2.75, 3.05) is 23.3 Å². The molecular weight excluding hydrogens is 302 g/mol. The van der Waals surface area contributed by atoms with Gasteiger partial charge in [-0.05, 0) is 18.6 Å². The third kappa shape index (κ3) is 2.80. The number of aliphatic hydroxyl groups is 1. The fourth-order valence-corrected chi connectivity index (χ4v) is 3.26. The third-order valence-electron chi connectivity index (χ3n) is 4.53. The van der Waals surface area contributed by atoms with Crippen LogP contribution in [0.25, 0.3) is 10.9 Å². The van der Waals surface area contributed by atoms with E-state index in [1.807, 2.05) is 54.3 Å². The standard InChI is InChI=1S/C18H21N5O/c1-22-8-7-17(21-22)23-9-6-15(11-23)19-18-14(12-24)10-13-4-2-3-5-16(13)20-18/h2-5,7-8,10,15,24H,6,9,11-12H2,1H3,(H,19,20). The molecule has 4 rings (SSSR count). The van der Waals surface area contributed by atoms with E-state index in [-0.39, 0.29) is 6.61 Å². The highest BCUT2D eigenvalue weighted by Gasteiger charge is 2.25. The predicted molar refractivity (Wildman–Crippen MR) is 95.1 cm³/mol. The van der Waals surface area contributed by atoms with E-state index >= 15 is 0 Å². The fourth-order valence-electron chi connectivity index (χ4n) is 3.26. The smallest absolute Gasteiger partial charge is 0.150 e. The lowest BCUT2D eigenvalue weighted by Gasteiger charge is -2.18. The molecule has 1 unspecified atom stereocenters. The Hall–Kier alpha value is -2.60. The van der Waals surface area contributed by atoms with E-state index in [4.69, 9.17) is 4.98 Å². The SMILES string of the molecule is Cn1ccc(N2CCC(Nc3nc4ccccc4cc3CO)C2)n1. The van der Waals surface area contributed by atoms with Crippen LogP contribution < -0.4 is 10.2 Å². The Morgan fingerprint density at radius 3 is 2.96 bits per heavy atom. The van der Waals surface area contributed by atoms with Gasteiger partial charge in [0.15, 0.2) is 5.82 Å². The zero-order valence-corrected chi connectivity index (χ0v) is 13.7. The van der Waals surface area contributed by atoms with Gasteiger partial charge in [0.25, 0.3) is 0 Å². The zero-order valence-electron chi connectivity index (χ0n) is 13.7. The second-order valence-electron chi connectivity index (χ2n) is 6.27. The Morgan fingerprint density at radius 2 is 2.17 bits per heavy atom. The van der Waals surface area contributed by atoms with Gasteiger partial charge in [-0.3, -0.25) is 4.68 Å². The molecule has 1 aromatic carbocycles. The van der Waals surface area contributed by atoms with Crippen LogP contribution in [-0.4, -0.2) is 39.0 Å². The molecule has 1 atom stereocenters. The summed E-state index contributed by atoms with van der Waals surface area (Å²) in [5.41, 5.74) is 1.78. The Bertz CT molecular complexity index is 859. The summed E-state index contributed by atoms with van der Waals surface area (Å²) in [6, 6.07) is 12.3. The number of nitrogens with zero attached hydrogens (tertiary/aromatic N) is 4. The number of aliphatic hydroxyl groups excluding tert-OH is 1. The van der Waals surface area contributed by atoms with E-state index < -0.39 is 0 Å². The van der Waals surface area contributed by atoms with Gasteiger partial charge in [0.1, 0.15) is 5.82 Å². The molecule has 124 valence electrons. The number of pyridine rings is 1. The van der Waals surface area contributed by atoms with Gasteiger partial charge in [-0.2, -0.15) is 5.10 Å². The number of rotatable bonds is 4. The first kappa shape index (κ1) is 15.0. The van der Waals surface area contributed by atoms with Gasteiger partial charge in [0.2, 0.25) is 0 Å². The fraction of sp³-hybridized carbons (Fsp3) is 0.333. The van der Waals surface area contributed by atoms with Crippen molar-refractivity contribution in [2.24, 2.45) is 7.05 Å². The lowest BCUT2D eigenvalue weighted by Crippen LogP contribution is -2.27. The minimum atomic E-state index is -0.0170. The van der Waals surface area contributed by atoms with Gasteiger partial charge >= 0.3 is 0 Å². The molecule has 0 bridgehead atoms. The highest BCUT2D eigenvalue weighted by atomic mass is 16.3. The summed E-state index contributed by atoms with van der Waals surface area (Å²) < 4.78 is 1.82. The van der Waals surface area contributed by atoms with Crippen LogP contribution in [0.15, 0.2) is 42.6 Å². The maximum atomic E-state index is 9.68. The summed E-state index contributed by atoms with van der Waals surface area (Å²) in [4.78, 5) is 6.98. The lowest BCUT2D eigenvalue weighted by atomic mass is 10.1. The van der Waals surface area contributed by atoms with Gasteiger partial charge in [0, 0.05) is 49.4 Å². The molecule has 3 heterocycles. The summed E-state index contributed by atoms with van der Waals surface area (Å²) >= 11 is 0. The van der Waals surface area contributed by atoms with Crippen LogP contribution in [0.1, 0.15) is 12.0 Å². The molecule has 0 spiro atoms. The quantitative estimate of drug-likeness (QED) is 0.770. The zero-order chi connectivity index (χ0) is 16.5. The number of nitrogens with one attached hydrogen (secondary N) is 1. The molecule has 3 aromatic rings. The summed E-state index contributed by atoms with van der Waals surface area (Å²) in [6.07, 6.45) is 2.99. The topological polar surface area (TPSA) is 66.2 Å². The molecular formula is C18H21N5O. The number of aromatic nitrogens is 3. The van der Waals surface area contributed by atoms with Crippen LogP contribution in [0.3, 0.4) is 0 Å². The lowest BCUT2D eigenvalue weighted by molar-refractivity contribution is 0.282. The van der Waals surface area contributed by atoms with Crippen LogP contribution in [0.4, 0.5) is 11.6 Å². The van der Waals surface area contributed by atoms with E-state index in [0.717, 1.165) is 47.6 Å². The van der Waals surface area contributed by atoms with Crippen LogP contribution in [0.2, 0.25) is 0 Å². The average Bonchev–Trinajstić information content (AvgIpc) is 3.23. The normalized spacial score (nSPS) is 17.6. The summed E-state index contributed by atoms with van der Waals surface area (Å²) in [7, 11) is 1.93. The molecule has 1 aliphatic rings. The molecule has 0 saturated carbocycles. The van der Waals surface area contributed by atoms with Crippen LogP contribution in [-0.2, 0) is 13.7 Å². The highest BCUT2D eigenvalue weighted by molar-refractivity contribution is 5.81. The van der Waals surface area contributed by atoms with Crippen molar-refractivity contribution < 1.29 is 5.11 Å². The number of hydrogen-bond acceptors (Lipinski definition) is 5. The Balaban J connectivity index is 1.54. The molecule has 1 fully saturated rings. The molecule has 24 heavy (non-hydrogen) atoms. The van der Waals surface area contributed by atoms with Crippen molar-refractivity contribution >= 4 is 22.5 Å². The molecule has 0 radical (unpaired) electrons. The molecule has 0 amide bonds. The second kappa shape index (κ2) is 6.13. The first-order chi connectivity index (χ1) is 11.7. The van der Waals surface area contributed by atoms with Gasteiger partial charge < -0.3 is 15.3 Å². The summed E-state index contributed by atoms with van der Waals surface area (Å²) in [5, 5.41) is 18.7. The summed E-state index contributed by atoms with van der Waals surface area (Å²) in [5.74, 6) is 1.79. The van der Waals surface area contributed by atoms with Gasteiger partial charge in [0.05, 0.1) is 12.1 Å². The number of aryl methyl sites for hydroxylation is 1. The first-order valence-corrected chi connectivity index (χ1v) is 8.23. The first-order valence-electron chi connectivity index (χ1n) is 8.23. The Morgan fingerprint density at radius 1 is 1.29 bits per heavy atom. The van der Waals surface area contributed by atoms with Crippen molar-refractivity contribution in [2.45, 2.75) is 19.1 Å². The molecule has 2 N–H and O–H groups in total. The molecule has 1 saturated heterocycles. The van der Waals surface area contributed by atoms with Gasteiger partial charge in [-0.25, -0.2) is 4.98 Å². The maximum absolute atomic E-state index is 9.68.